The number of carbonyl (C=O) groups excluding carboxylic acids is 1. The quantitative estimate of drug-likeness (QED) is 0.868. The van der Waals surface area contributed by atoms with Gasteiger partial charge in [0.25, 0.3) is 0 Å². The average Bonchev–Trinajstić information content (AvgIpc) is 2.49. The highest BCUT2D eigenvalue weighted by atomic mass is 35.5. The molecule has 0 radical (unpaired) electrons. The molecule has 124 valence electrons. The van der Waals surface area contributed by atoms with Gasteiger partial charge in [-0.3, -0.25) is 4.79 Å². The van der Waals surface area contributed by atoms with Crippen molar-refractivity contribution in [3.8, 4) is 0 Å². The van der Waals surface area contributed by atoms with E-state index in [0.717, 1.165) is 37.9 Å². The number of benzene rings is 1. The molecule has 0 aromatic heterocycles. The molecule has 22 heavy (non-hydrogen) atoms. The molecule has 1 aromatic rings. The van der Waals surface area contributed by atoms with Crippen molar-refractivity contribution in [2.24, 2.45) is 5.92 Å². The minimum absolute atomic E-state index is 0. The molecule has 5 heteroatoms. The Hall–Kier alpha value is -1.13. The lowest BCUT2D eigenvalue weighted by Gasteiger charge is -2.22. The summed E-state index contributed by atoms with van der Waals surface area (Å²) in [5.41, 5.74) is 1.44. The standard InChI is InChI=1S/C17H25FN2O.ClH/c1-12-3-5-15(11-16(12)18)13(2)20-17(21)6-4-14-7-9-19-10-8-14;/h3,5,11,13-14,19H,4,6-10H2,1-2H3,(H,20,21);1H. The van der Waals surface area contributed by atoms with Gasteiger partial charge in [-0.25, -0.2) is 4.39 Å². The van der Waals surface area contributed by atoms with Crippen LogP contribution < -0.4 is 10.6 Å². The van der Waals surface area contributed by atoms with Crippen LogP contribution in [-0.4, -0.2) is 19.0 Å². The summed E-state index contributed by atoms with van der Waals surface area (Å²) in [5.74, 6) is 0.495. The summed E-state index contributed by atoms with van der Waals surface area (Å²) in [6.07, 6.45) is 3.82. The van der Waals surface area contributed by atoms with Crippen LogP contribution in [0.25, 0.3) is 0 Å². The van der Waals surface area contributed by atoms with Crippen molar-refractivity contribution in [1.82, 2.24) is 10.6 Å². The summed E-state index contributed by atoms with van der Waals surface area (Å²) in [5, 5.41) is 6.29. The van der Waals surface area contributed by atoms with Gasteiger partial charge in [-0.05, 0) is 69.3 Å². The molecule has 1 heterocycles. The van der Waals surface area contributed by atoms with Crippen LogP contribution in [0.5, 0.6) is 0 Å². The number of amides is 1. The minimum atomic E-state index is -0.219. The lowest BCUT2D eigenvalue weighted by atomic mass is 9.93. The fourth-order valence-electron chi connectivity index (χ4n) is 2.78. The Bertz CT molecular complexity index is 490. The Kier molecular flexibility index (Phi) is 7.83. The van der Waals surface area contributed by atoms with E-state index in [-0.39, 0.29) is 30.2 Å². The number of hydrogen-bond acceptors (Lipinski definition) is 2. The predicted octanol–water partition coefficient (Wildman–Crippen LogP) is 3.51. The first-order valence-corrected chi connectivity index (χ1v) is 7.82. The fraction of sp³-hybridized carbons (Fsp3) is 0.588. The molecule has 1 fully saturated rings. The first-order valence-electron chi connectivity index (χ1n) is 7.82. The van der Waals surface area contributed by atoms with Crippen LogP contribution in [0.15, 0.2) is 18.2 Å². The number of halogens is 2. The second-order valence-corrected chi connectivity index (χ2v) is 6.03. The van der Waals surface area contributed by atoms with E-state index in [1.807, 2.05) is 13.0 Å². The van der Waals surface area contributed by atoms with E-state index in [9.17, 15) is 9.18 Å². The van der Waals surface area contributed by atoms with Crippen molar-refractivity contribution in [3.63, 3.8) is 0 Å². The van der Waals surface area contributed by atoms with Crippen LogP contribution in [0, 0.1) is 18.7 Å². The molecular weight excluding hydrogens is 303 g/mol. The van der Waals surface area contributed by atoms with E-state index >= 15 is 0 Å². The molecule has 2 N–H and O–H groups in total. The number of aryl methyl sites for hydroxylation is 1. The number of piperidine rings is 1. The van der Waals surface area contributed by atoms with E-state index in [0.29, 0.717) is 17.9 Å². The number of carbonyl (C=O) groups is 1. The van der Waals surface area contributed by atoms with Gasteiger partial charge in [0.1, 0.15) is 5.82 Å². The Balaban J connectivity index is 0.00000242. The molecule has 1 amide bonds. The smallest absolute Gasteiger partial charge is 0.220 e. The van der Waals surface area contributed by atoms with E-state index in [2.05, 4.69) is 10.6 Å². The number of hydrogen-bond donors (Lipinski definition) is 2. The van der Waals surface area contributed by atoms with Gasteiger partial charge in [0.2, 0.25) is 5.91 Å². The zero-order valence-corrected chi connectivity index (χ0v) is 14.1. The molecule has 0 saturated carbocycles. The second-order valence-electron chi connectivity index (χ2n) is 6.03. The maximum Gasteiger partial charge on any atom is 0.220 e. The third-order valence-corrected chi connectivity index (χ3v) is 4.31. The summed E-state index contributed by atoms with van der Waals surface area (Å²) in [7, 11) is 0. The fourth-order valence-corrected chi connectivity index (χ4v) is 2.78. The molecule has 0 spiro atoms. The maximum atomic E-state index is 13.5. The van der Waals surface area contributed by atoms with Crippen LogP contribution in [-0.2, 0) is 4.79 Å². The van der Waals surface area contributed by atoms with Gasteiger partial charge in [-0.2, -0.15) is 0 Å². The lowest BCUT2D eigenvalue weighted by Crippen LogP contribution is -2.30. The normalized spacial score (nSPS) is 16.7. The summed E-state index contributed by atoms with van der Waals surface area (Å²) >= 11 is 0. The first-order chi connectivity index (χ1) is 10.1. The molecule has 1 saturated heterocycles. The van der Waals surface area contributed by atoms with E-state index in [1.165, 1.54) is 6.07 Å². The Labute approximate surface area is 138 Å². The van der Waals surface area contributed by atoms with Gasteiger partial charge in [-0.15, -0.1) is 12.4 Å². The monoisotopic (exact) mass is 328 g/mol. The Morgan fingerprint density at radius 2 is 2.09 bits per heavy atom. The highest BCUT2D eigenvalue weighted by Crippen LogP contribution is 2.19. The van der Waals surface area contributed by atoms with E-state index in [1.54, 1.807) is 13.0 Å². The van der Waals surface area contributed by atoms with Crippen molar-refractivity contribution in [2.45, 2.75) is 45.6 Å². The predicted molar refractivity (Wildman–Crippen MR) is 89.8 cm³/mol. The number of rotatable bonds is 5. The van der Waals surface area contributed by atoms with Gasteiger partial charge >= 0.3 is 0 Å². The average molecular weight is 329 g/mol. The molecule has 1 aromatic carbocycles. The highest BCUT2D eigenvalue weighted by Gasteiger charge is 2.16. The van der Waals surface area contributed by atoms with Gasteiger partial charge < -0.3 is 10.6 Å². The molecule has 1 aliphatic rings. The van der Waals surface area contributed by atoms with Crippen molar-refractivity contribution < 1.29 is 9.18 Å². The second kappa shape index (κ2) is 9.11. The molecule has 0 aliphatic carbocycles. The molecule has 3 nitrogen and oxygen atoms in total. The van der Waals surface area contributed by atoms with Crippen molar-refractivity contribution in [1.29, 1.82) is 0 Å². The van der Waals surface area contributed by atoms with Crippen LogP contribution in [0.3, 0.4) is 0 Å². The third-order valence-electron chi connectivity index (χ3n) is 4.31. The molecule has 1 atom stereocenters. The molecular formula is C17H26ClFN2O. The van der Waals surface area contributed by atoms with Gasteiger partial charge in [0.15, 0.2) is 0 Å². The van der Waals surface area contributed by atoms with E-state index < -0.39 is 0 Å². The largest absolute Gasteiger partial charge is 0.350 e. The van der Waals surface area contributed by atoms with Crippen LogP contribution in [0.1, 0.15) is 49.8 Å². The van der Waals surface area contributed by atoms with Gasteiger partial charge in [0.05, 0.1) is 6.04 Å². The van der Waals surface area contributed by atoms with Crippen LogP contribution in [0.2, 0.25) is 0 Å². The van der Waals surface area contributed by atoms with Gasteiger partial charge in [-0.1, -0.05) is 12.1 Å². The molecule has 1 aliphatic heterocycles. The summed E-state index contributed by atoms with van der Waals surface area (Å²) < 4.78 is 13.5. The molecule has 0 bridgehead atoms. The van der Waals surface area contributed by atoms with Crippen molar-refractivity contribution in [3.05, 3.63) is 35.1 Å². The Morgan fingerprint density at radius 1 is 1.41 bits per heavy atom. The molecule has 2 rings (SSSR count). The summed E-state index contributed by atoms with van der Waals surface area (Å²) in [6.45, 7) is 5.75. The topological polar surface area (TPSA) is 41.1 Å². The lowest BCUT2D eigenvalue weighted by molar-refractivity contribution is -0.122. The third kappa shape index (κ3) is 5.58. The van der Waals surface area contributed by atoms with E-state index in [4.69, 9.17) is 0 Å². The zero-order valence-electron chi connectivity index (χ0n) is 13.3. The minimum Gasteiger partial charge on any atom is -0.350 e. The van der Waals surface area contributed by atoms with Gasteiger partial charge in [0, 0.05) is 6.42 Å². The summed E-state index contributed by atoms with van der Waals surface area (Å²) in [4.78, 5) is 12.0. The zero-order chi connectivity index (χ0) is 15.2. The SMILES string of the molecule is Cc1ccc(C(C)NC(=O)CCC2CCNCC2)cc1F.Cl. The van der Waals surface area contributed by atoms with Crippen LogP contribution in [0.4, 0.5) is 4.39 Å². The number of nitrogens with one attached hydrogen (secondary N) is 2. The Morgan fingerprint density at radius 3 is 2.73 bits per heavy atom. The maximum absolute atomic E-state index is 13.5. The van der Waals surface area contributed by atoms with Crippen LogP contribution >= 0.6 is 12.4 Å². The molecule has 1 unspecified atom stereocenters. The van der Waals surface area contributed by atoms with Crippen molar-refractivity contribution in [2.75, 3.05) is 13.1 Å². The highest BCUT2D eigenvalue weighted by molar-refractivity contribution is 5.85. The summed E-state index contributed by atoms with van der Waals surface area (Å²) in [6, 6.07) is 4.98. The van der Waals surface area contributed by atoms with Crippen molar-refractivity contribution >= 4 is 18.3 Å². The first kappa shape index (κ1) is 18.9.